The molecule has 0 saturated heterocycles. The van der Waals surface area contributed by atoms with Crippen LogP contribution >= 0.6 is 11.8 Å². The minimum atomic E-state index is -0.388. The highest BCUT2D eigenvalue weighted by atomic mass is 32.2. The maximum Gasteiger partial charge on any atom is 0.266 e. The summed E-state index contributed by atoms with van der Waals surface area (Å²) in [5.74, 6) is -0.298. The molecule has 4 aromatic rings. The molecule has 3 aromatic carbocycles. The number of Topliss-reactive ketones (excluding diaryl/α,β-unsaturated/α-hetero) is 1. The fourth-order valence-corrected chi connectivity index (χ4v) is 4.07. The van der Waals surface area contributed by atoms with Crippen LogP contribution in [0, 0.1) is 5.82 Å². The molecule has 0 atom stereocenters. The number of thioether (sulfide) groups is 1. The zero-order valence-corrected chi connectivity index (χ0v) is 17.2. The lowest BCUT2D eigenvalue weighted by Crippen LogP contribution is -2.22. The van der Waals surface area contributed by atoms with Crippen molar-refractivity contribution in [2.75, 3.05) is 5.75 Å². The van der Waals surface area contributed by atoms with Gasteiger partial charge in [0.1, 0.15) is 5.82 Å². The van der Waals surface area contributed by atoms with E-state index in [4.69, 9.17) is 0 Å². The van der Waals surface area contributed by atoms with Gasteiger partial charge in [-0.2, -0.15) is 0 Å². The molecular formula is C24H19FN2O2S. The zero-order chi connectivity index (χ0) is 21.1. The number of aromatic nitrogens is 2. The van der Waals surface area contributed by atoms with Crippen molar-refractivity contribution in [2.24, 2.45) is 0 Å². The van der Waals surface area contributed by atoms with Crippen LogP contribution in [0.25, 0.3) is 16.6 Å². The smallest absolute Gasteiger partial charge is 0.266 e. The Bertz CT molecular complexity index is 1270. The fraction of sp³-hybridized carbons (Fsp3) is 0.125. The van der Waals surface area contributed by atoms with E-state index in [2.05, 4.69) is 11.9 Å². The second-order valence-corrected chi connectivity index (χ2v) is 7.73. The summed E-state index contributed by atoms with van der Waals surface area (Å²) in [6, 6.07) is 20.2. The lowest BCUT2D eigenvalue weighted by molar-refractivity contribution is 0.102. The van der Waals surface area contributed by atoms with Gasteiger partial charge in [-0.05, 0) is 48.4 Å². The largest absolute Gasteiger partial charge is 0.293 e. The molecule has 4 rings (SSSR count). The zero-order valence-electron chi connectivity index (χ0n) is 16.3. The Morgan fingerprint density at radius 1 is 1.00 bits per heavy atom. The molecular weight excluding hydrogens is 399 g/mol. The van der Waals surface area contributed by atoms with Crippen LogP contribution in [-0.4, -0.2) is 21.1 Å². The van der Waals surface area contributed by atoms with Crippen molar-refractivity contribution in [3.05, 3.63) is 100 Å². The minimum Gasteiger partial charge on any atom is -0.293 e. The summed E-state index contributed by atoms with van der Waals surface area (Å²) in [4.78, 5) is 30.4. The Labute approximate surface area is 177 Å². The number of halogens is 1. The summed E-state index contributed by atoms with van der Waals surface area (Å²) >= 11 is 1.20. The Hall–Kier alpha value is -3.25. The van der Waals surface area contributed by atoms with Gasteiger partial charge in [0.2, 0.25) is 0 Å². The molecule has 0 amide bonds. The number of hydrogen-bond donors (Lipinski definition) is 0. The number of nitrogens with zero attached hydrogens (tertiary/aromatic N) is 2. The number of ketones is 1. The van der Waals surface area contributed by atoms with Crippen LogP contribution in [0.5, 0.6) is 0 Å². The molecule has 0 unspecified atom stereocenters. The predicted octanol–water partition coefficient (Wildman–Crippen LogP) is 5.06. The van der Waals surface area contributed by atoms with E-state index in [1.165, 1.54) is 46.2 Å². The topological polar surface area (TPSA) is 52.0 Å². The Morgan fingerprint density at radius 2 is 1.70 bits per heavy atom. The van der Waals surface area contributed by atoms with Crippen molar-refractivity contribution < 1.29 is 9.18 Å². The van der Waals surface area contributed by atoms with Gasteiger partial charge < -0.3 is 0 Å². The first-order chi connectivity index (χ1) is 14.6. The van der Waals surface area contributed by atoms with Crippen molar-refractivity contribution in [2.45, 2.75) is 18.5 Å². The first-order valence-electron chi connectivity index (χ1n) is 9.59. The predicted molar refractivity (Wildman–Crippen MR) is 118 cm³/mol. The molecule has 0 spiro atoms. The molecule has 6 heteroatoms. The summed E-state index contributed by atoms with van der Waals surface area (Å²) in [6.45, 7) is 2.06. The lowest BCUT2D eigenvalue weighted by atomic mass is 10.1. The minimum absolute atomic E-state index is 0.0456. The third-order valence-electron chi connectivity index (χ3n) is 4.85. The third kappa shape index (κ3) is 4.04. The summed E-state index contributed by atoms with van der Waals surface area (Å²) in [5.41, 5.74) is 2.59. The van der Waals surface area contributed by atoms with E-state index in [0.717, 1.165) is 6.42 Å². The number of fused-ring (bicyclic) bond motifs is 1. The number of carbonyl (C=O) groups is 1. The monoisotopic (exact) mass is 418 g/mol. The number of hydrogen-bond acceptors (Lipinski definition) is 4. The van der Waals surface area contributed by atoms with Crippen molar-refractivity contribution >= 4 is 28.4 Å². The first kappa shape index (κ1) is 20.0. The number of carbonyl (C=O) groups excluding carboxylic acids is 1. The maximum absolute atomic E-state index is 13.4. The van der Waals surface area contributed by atoms with Crippen molar-refractivity contribution in [1.82, 2.24) is 9.55 Å². The van der Waals surface area contributed by atoms with Gasteiger partial charge in [0.15, 0.2) is 10.9 Å². The molecule has 0 aliphatic heterocycles. The molecule has 0 N–H and O–H groups in total. The molecule has 1 heterocycles. The molecule has 0 fully saturated rings. The number of benzene rings is 3. The molecule has 4 nitrogen and oxygen atoms in total. The SMILES string of the molecule is CCc1ccc(C(=O)CSc2nc3ccccc3c(=O)n2-c2ccc(F)cc2)cc1. The van der Waals surface area contributed by atoms with Crippen LogP contribution in [0.15, 0.2) is 82.7 Å². The van der Waals surface area contributed by atoms with E-state index in [1.807, 2.05) is 30.3 Å². The van der Waals surface area contributed by atoms with E-state index >= 15 is 0 Å². The highest BCUT2D eigenvalue weighted by Crippen LogP contribution is 2.22. The van der Waals surface area contributed by atoms with Gasteiger partial charge in [0.25, 0.3) is 5.56 Å². The normalized spacial score (nSPS) is 11.0. The molecule has 0 aliphatic carbocycles. The van der Waals surface area contributed by atoms with Crippen molar-refractivity contribution in [1.29, 1.82) is 0 Å². The highest BCUT2D eigenvalue weighted by Gasteiger charge is 2.15. The Balaban J connectivity index is 1.71. The van der Waals surface area contributed by atoms with E-state index in [1.54, 1.807) is 18.2 Å². The van der Waals surface area contributed by atoms with Crippen LogP contribution in [0.1, 0.15) is 22.8 Å². The van der Waals surface area contributed by atoms with E-state index in [9.17, 15) is 14.0 Å². The van der Waals surface area contributed by atoms with Crippen LogP contribution in [-0.2, 0) is 6.42 Å². The summed E-state index contributed by atoms with van der Waals surface area (Å²) in [5, 5.41) is 0.858. The number of para-hydroxylation sites is 1. The fourth-order valence-electron chi connectivity index (χ4n) is 3.17. The molecule has 0 radical (unpaired) electrons. The summed E-state index contributed by atoms with van der Waals surface area (Å²) in [7, 11) is 0. The lowest BCUT2D eigenvalue weighted by Gasteiger charge is -2.13. The van der Waals surface area contributed by atoms with Crippen LogP contribution < -0.4 is 5.56 Å². The Kier molecular flexibility index (Phi) is 5.77. The third-order valence-corrected chi connectivity index (χ3v) is 5.78. The first-order valence-corrected chi connectivity index (χ1v) is 10.6. The highest BCUT2D eigenvalue weighted by molar-refractivity contribution is 7.99. The molecule has 0 bridgehead atoms. The molecule has 150 valence electrons. The maximum atomic E-state index is 13.4. The van der Waals surface area contributed by atoms with Crippen molar-refractivity contribution in [3.63, 3.8) is 0 Å². The van der Waals surface area contributed by atoms with E-state index < -0.39 is 0 Å². The number of aryl methyl sites for hydroxylation is 1. The van der Waals surface area contributed by atoms with Gasteiger partial charge in [-0.25, -0.2) is 9.37 Å². The summed E-state index contributed by atoms with van der Waals surface area (Å²) < 4.78 is 14.8. The van der Waals surface area contributed by atoms with Crippen molar-refractivity contribution in [3.8, 4) is 5.69 Å². The average molecular weight is 418 g/mol. The van der Waals surface area contributed by atoms with Gasteiger partial charge in [0, 0.05) is 5.56 Å². The van der Waals surface area contributed by atoms with Gasteiger partial charge in [-0.15, -0.1) is 0 Å². The Morgan fingerprint density at radius 3 is 2.40 bits per heavy atom. The summed E-state index contributed by atoms with van der Waals surface area (Å²) in [6.07, 6.45) is 0.911. The van der Waals surface area contributed by atoms with Crippen LogP contribution in [0.4, 0.5) is 4.39 Å². The van der Waals surface area contributed by atoms with Gasteiger partial charge >= 0.3 is 0 Å². The second-order valence-electron chi connectivity index (χ2n) is 6.79. The second kappa shape index (κ2) is 8.63. The van der Waals surface area contributed by atoms with Gasteiger partial charge in [0.05, 0.1) is 22.3 Å². The van der Waals surface area contributed by atoms with Gasteiger partial charge in [-0.3, -0.25) is 14.2 Å². The molecule has 1 aromatic heterocycles. The van der Waals surface area contributed by atoms with Crippen LogP contribution in [0.2, 0.25) is 0 Å². The number of rotatable bonds is 6. The van der Waals surface area contributed by atoms with E-state index in [-0.39, 0.29) is 22.9 Å². The molecule has 30 heavy (non-hydrogen) atoms. The molecule has 0 saturated carbocycles. The van der Waals surface area contributed by atoms with E-state index in [0.29, 0.717) is 27.3 Å². The van der Waals surface area contributed by atoms with Gasteiger partial charge in [-0.1, -0.05) is 55.1 Å². The van der Waals surface area contributed by atoms with Crippen LogP contribution in [0.3, 0.4) is 0 Å². The quantitative estimate of drug-likeness (QED) is 0.249. The average Bonchev–Trinajstić information content (AvgIpc) is 2.78. The molecule has 0 aliphatic rings. The standard InChI is InChI=1S/C24H19FN2O2S/c1-2-16-7-9-17(10-8-16)22(28)15-30-24-26-21-6-4-3-5-20(21)23(29)27(24)19-13-11-18(25)12-14-19/h3-14H,2,15H2,1H3.